The Bertz CT molecular complexity index is 1550. The number of nitrogen functional groups attached to an aromatic ring is 1. The largest absolute Gasteiger partial charge is 0.463 e. The summed E-state index contributed by atoms with van der Waals surface area (Å²) in [6, 6.07) is 5.97. The monoisotopic (exact) mass is 619 g/mol. The minimum absolute atomic E-state index is 0.0816. The fourth-order valence-electron chi connectivity index (χ4n) is 8.03. The molecule has 0 unspecified atom stereocenters. The van der Waals surface area contributed by atoms with Crippen molar-refractivity contribution in [2.24, 2.45) is 5.41 Å². The molecule has 1 saturated carbocycles. The van der Waals surface area contributed by atoms with Gasteiger partial charge in [0.1, 0.15) is 22.7 Å². The molecule has 5 fully saturated rings. The standard InChI is InChI=1S/C30H37N9O2S2/c31-11-21-24-23(42-25(21)33)3-4-30(24)16-39(17-30)27-22(12-32)26(38-13-19-1-2-20(14-38)34-19)35-28(36-27)41-18-29(5-6-29)15-37-7-9-43(40)10-8-37/h19-20,34H,1-10,13-18,33H2/t19-,20+. The van der Waals surface area contributed by atoms with E-state index in [1.165, 1.54) is 4.88 Å². The van der Waals surface area contributed by atoms with Crippen molar-refractivity contribution < 1.29 is 8.95 Å². The summed E-state index contributed by atoms with van der Waals surface area (Å²) in [5.41, 5.74) is 8.43. The number of hydrogen-bond donors (Lipinski definition) is 2. The average molecular weight is 620 g/mol. The maximum Gasteiger partial charge on any atom is 0.320 e. The molecule has 226 valence electrons. The van der Waals surface area contributed by atoms with Gasteiger partial charge in [0.15, 0.2) is 11.6 Å². The Morgan fingerprint density at radius 3 is 2.35 bits per heavy atom. The van der Waals surface area contributed by atoms with Gasteiger partial charge in [-0.1, -0.05) is 0 Å². The number of anilines is 3. The van der Waals surface area contributed by atoms with Gasteiger partial charge in [0.2, 0.25) is 0 Å². The number of nitrogens with two attached hydrogens (primary N) is 1. The molecule has 0 amide bonds. The summed E-state index contributed by atoms with van der Waals surface area (Å²) >= 11 is 1.55. The van der Waals surface area contributed by atoms with E-state index in [0.29, 0.717) is 65.6 Å². The van der Waals surface area contributed by atoms with Crippen LogP contribution in [0.1, 0.15) is 53.7 Å². The van der Waals surface area contributed by atoms with Gasteiger partial charge in [-0.3, -0.25) is 4.21 Å². The lowest BCUT2D eigenvalue weighted by Gasteiger charge is -2.49. The highest BCUT2D eigenvalue weighted by atomic mass is 32.2. The molecular formula is C30H37N9O2S2. The average Bonchev–Trinajstić information content (AvgIpc) is 3.36. The quantitative estimate of drug-likeness (QED) is 0.467. The molecule has 4 aliphatic heterocycles. The molecule has 2 atom stereocenters. The van der Waals surface area contributed by atoms with E-state index >= 15 is 0 Å². The fraction of sp³-hybridized carbons (Fsp3) is 0.667. The molecule has 6 heterocycles. The summed E-state index contributed by atoms with van der Waals surface area (Å²) in [6.07, 6.45) is 6.40. The molecule has 2 aromatic heterocycles. The van der Waals surface area contributed by atoms with Crippen LogP contribution in [0.3, 0.4) is 0 Å². The first-order valence-electron chi connectivity index (χ1n) is 15.5. The molecule has 43 heavy (non-hydrogen) atoms. The molecule has 8 rings (SSSR count). The Morgan fingerprint density at radius 1 is 1.02 bits per heavy atom. The number of aromatic nitrogens is 2. The summed E-state index contributed by atoms with van der Waals surface area (Å²) < 4.78 is 18.3. The van der Waals surface area contributed by atoms with Crippen molar-refractivity contribution in [3.8, 4) is 18.1 Å². The van der Waals surface area contributed by atoms with Crippen LogP contribution in [0.2, 0.25) is 0 Å². The molecule has 1 spiro atoms. The summed E-state index contributed by atoms with van der Waals surface area (Å²) in [7, 11) is -0.685. The van der Waals surface area contributed by atoms with E-state index in [-0.39, 0.29) is 10.8 Å². The number of nitrogens with one attached hydrogen (secondary N) is 1. The van der Waals surface area contributed by atoms with E-state index < -0.39 is 10.8 Å². The molecule has 4 saturated heterocycles. The van der Waals surface area contributed by atoms with E-state index in [4.69, 9.17) is 20.4 Å². The predicted molar refractivity (Wildman–Crippen MR) is 166 cm³/mol. The van der Waals surface area contributed by atoms with Crippen molar-refractivity contribution in [1.29, 1.82) is 10.5 Å². The summed E-state index contributed by atoms with van der Waals surface area (Å²) in [5, 5.41) is 24.6. The molecule has 3 N–H and O–H groups in total. The van der Waals surface area contributed by atoms with Crippen molar-refractivity contribution in [3.63, 3.8) is 0 Å². The number of nitrogens with zero attached hydrogens (tertiary/aromatic N) is 7. The third-order valence-electron chi connectivity index (χ3n) is 10.5. The Kier molecular flexibility index (Phi) is 6.60. The zero-order chi connectivity index (χ0) is 29.3. The van der Waals surface area contributed by atoms with Crippen LogP contribution in [0.25, 0.3) is 0 Å². The Morgan fingerprint density at radius 2 is 1.70 bits per heavy atom. The number of piperazine rings is 1. The SMILES string of the molecule is N#Cc1c(N2C[C@H]3CC[C@@H](C2)N3)nc(OCC2(CN3CCS(=O)CC3)CC2)nc1N1CC2(CCc3sc(N)c(C#N)c32)C1. The van der Waals surface area contributed by atoms with Gasteiger partial charge in [0, 0.05) is 95.9 Å². The van der Waals surface area contributed by atoms with Crippen LogP contribution in [0.15, 0.2) is 0 Å². The number of ether oxygens (including phenoxy) is 1. The van der Waals surface area contributed by atoms with Crippen molar-refractivity contribution in [2.45, 2.75) is 56.0 Å². The minimum atomic E-state index is -0.685. The highest BCUT2D eigenvalue weighted by Crippen LogP contribution is 2.53. The number of nitriles is 2. The van der Waals surface area contributed by atoms with Gasteiger partial charge in [0.05, 0.1) is 12.2 Å². The van der Waals surface area contributed by atoms with Crippen molar-refractivity contribution in [1.82, 2.24) is 20.2 Å². The fourth-order valence-corrected chi connectivity index (χ4v) is 10.3. The number of hydrogen-bond acceptors (Lipinski definition) is 12. The van der Waals surface area contributed by atoms with E-state index in [1.54, 1.807) is 11.3 Å². The zero-order valence-corrected chi connectivity index (χ0v) is 25.9. The number of fused-ring (bicyclic) bond motifs is 4. The summed E-state index contributed by atoms with van der Waals surface area (Å²) in [6.45, 7) is 6.26. The van der Waals surface area contributed by atoms with E-state index in [0.717, 1.165) is 88.3 Å². The summed E-state index contributed by atoms with van der Waals surface area (Å²) in [5.74, 6) is 2.82. The Labute approximate surface area is 258 Å². The van der Waals surface area contributed by atoms with Crippen LogP contribution >= 0.6 is 11.3 Å². The van der Waals surface area contributed by atoms with Crippen LogP contribution in [0.5, 0.6) is 6.01 Å². The maximum absolute atomic E-state index is 11.8. The number of rotatable bonds is 7. The molecule has 0 radical (unpaired) electrons. The lowest BCUT2D eigenvalue weighted by atomic mass is 9.74. The lowest BCUT2D eigenvalue weighted by Crippen LogP contribution is -2.59. The minimum Gasteiger partial charge on any atom is -0.463 e. The van der Waals surface area contributed by atoms with Gasteiger partial charge in [-0.25, -0.2) is 0 Å². The van der Waals surface area contributed by atoms with Crippen molar-refractivity contribution in [3.05, 3.63) is 21.6 Å². The predicted octanol–water partition coefficient (Wildman–Crippen LogP) is 1.73. The number of thiophene rings is 1. The van der Waals surface area contributed by atoms with Crippen molar-refractivity contribution >= 4 is 38.8 Å². The van der Waals surface area contributed by atoms with Crippen LogP contribution in [-0.2, 0) is 22.6 Å². The first-order chi connectivity index (χ1) is 20.9. The summed E-state index contributed by atoms with van der Waals surface area (Å²) in [4.78, 5) is 17.9. The smallest absolute Gasteiger partial charge is 0.320 e. The molecule has 2 aromatic rings. The second-order valence-corrected chi connectivity index (χ2v) is 16.3. The first kappa shape index (κ1) is 27.6. The van der Waals surface area contributed by atoms with E-state index in [2.05, 4.69) is 32.2 Å². The van der Waals surface area contributed by atoms with Gasteiger partial charge < -0.3 is 30.5 Å². The zero-order valence-electron chi connectivity index (χ0n) is 24.3. The van der Waals surface area contributed by atoms with Gasteiger partial charge >= 0.3 is 6.01 Å². The second-order valence-electron chi connectivity index (χ2n) is 13.5. The van der Waals surface area contributed by atoms with Crippen LogP contribution in [0.4, 0.5) is 16.6 Å². The van der Waals surface area contributed by atoms with Crippen LogP contribution in [-0.4, -0.2) is 95.1 Å². The van der Waals surface area contributed by atoms with Gasteiger partial charge in [-0.15, -0.1) is 11.3 Å². The highest BCUT2D eigenvalue weighted by molar-refractivity contribution is 7.85. The Balaban J connectivity index is 1.07. The van der Waals surface area contributed by atoms with Crippen LogP contribution in [0, 0.1) is 28.1 Å². The van der Waals surface area contributed by atoms with Crippen molar-refractivity contribution in [2.75, 3.05) is 79.5 Å². The van der Waals surface area contributed by atoms with E-state index in [9.17, 15) is 14.7 Å². The number of aryl methyl sites for hydroxylation is 1. The molecular weight excluding hydrogens is 583 g/mol. The highest BCUT2D eigenvalue weighted by Gasteiger charge is 2.52. The molecule has 2 bridgehead atoms. The molecule has 11 nitrogen and oxygen atoms in total. The molecule has 2 aliphatic carbocycles. The second kappa shape index (κ2) is 10.3. The van der Waals surface area contributed by atoms with E-state index in [1.807, 2.05) is 0 Å². The molecule has 0 aromatic carbocycles. The lowest BCUT2D eigenvalue weighted by molar-refractivity contribution is 0.160. The Hall–Kier alpha value is -2.97. The van der Waals surface area contributed by atoms with Gasteiger partial charge in [-0.2, -0.15) is 20.5 Å². The normalized spacial score (nSPS) is 27.0. The topological polar surface area (TPSA) is 147 Å². The van der Waals surface area contributed by atoms with Gasteiger partial charge in [0.25, 0.3) is 0 Å². The molecule has 6 aliphatic rings. The first-order valence-corrected chi connectivity index (χ1v) is 17.8. The maximum atomic E-state index is 11.8. The molecule has 13 heteroatoms. The third kappa shape index (κ3) is 4.76. The van der Waals surface area contributed by atoms with Crippen LogP contribution < -0.4 is 25.6 Å². The third-order valence-corrected chi connectivity index (χ3v) is 12.9. The van der Waals surface area contributed by atoms with Gasteiger partial charge in [-0.05, 0) is 44.1 Å².